The lowest BCUT2D eigenvalue weighted by Gasteiger charge is -2.34. The molecule has 1 saturated carbocycles. The number of amides is 5. The Labute approximate surface area is 271 Å². The van der Waals surface area contributed by atoms with E-state index in [1.165, 1.54) is 6.07 Å². The smallest absolute Gasteiger partial charge is 0.264 e. The van der Waals surface area contributed by atoms with Crippen LogP contribution in [-0.2, 0) is 24.0 Å². The summed E-state index contributed by atoms with van der Waals surface area (Å²) in [5.41, 5.74) is 1.57. The molecule has 6 rings (SSSR count). The fraction of sp³-hybridized carbons (Fsp3) is 0.382. The summed E-state index contributed by atoms with van der Waals surface area (Å²) in [6.45, 7) is 4.08. The molecule has 3 N–H and O–H groups in total. The average molecular weight is 641 g/mol. The van der Waals surface area contributed by atoms with Gasteiger partial charge in [-0.2, -0.15) is 0 Å². The van der Waals surface area contributed by atoms with Gasteiger partial charge in [-0.15, -0.1) is 0 Å². The zero-order valence-electron chi connectivity index (χ0n) is 25.8. The molecule has 3 heterocycles. The quantitative estimate of drug-likeness (QED) is 0.155. The van der Waals surface area contributed by atoms with Gasteiger partial charge in [-0.3, -0.25) is 53.6 Å². The van der Waals surface area contributed by atoms with E-state index in [2.05, 4.69) is 20.9 Å². The summed E-state index contributed by atoms with van der Waals surface area (Å²) in [7, 11) is 0. The molecule has 1 atom stereocenters. The van der Waals surface area contributed by atoms with Crippen molar-refractivity contribution in [2.45, 2.75) is 37.6 Å². The zero-order valence-corrected chi connectivity index (χ0v) is 25.8. The Morgan fingerprint density at radius 3 is 2.26 bits per heavy atom. The number of carbonyl (C=O) groups is 7. The fourth-order valence-corrected chi connectivity index (χ4v) is 6.60. The number of benzene rings is 2. The van der Waals surface area contributed by atoms with Crippen LogP contribution in [0.25, 0.3) is 0 Å². The van der Waals surface area contributed by atoms with Crippen LogP contribution in [0.15, 0.2) is 60.3 Å². The molecule has 3 fully saturated rings. The van der Waals surface area contributed by atoms with Crippen LogP contribution in [0.3, 0.4) is 0 Å². The molecule has 244 valence electrons. The fourth-order valence-electron chi connectivity index (χ4n) is 6.60. The van der Waals surface area contributed by atoms with Crippen molar-refractivity contribution in [3.05, 3.63) is 77.0 Å². The summed E-state index contributed by atoms with van der Waals surface area (Å²) in [4.78, 5) is 93.7. The third-order valence-corrected chi connectivity index (χ3v) is 9.13. The molecule has 13 heteroatoms. The summed E-state index contributed by atoms with van der Waals surface area (Å²) in [6, 6.07) is 13.1. The first-order chi connectivity index (χ1) is 22.7. The number of piperazine rings is 1. The predicted molar refractivity (Wildman–Crippen MR) is 169 cm³/mol. The highest BCUT2D eigenvalue weighted by Crippen LogP contribution is 2.33. The predicted octanol–water partition coefficient (Wildman–Crippen LogP) is 0.833. The van der Waals surface area contributed by atoms with Crippen molar-refractivity contribution in [3.63, 3.8) is 0 Å². The molecule has 4 aliphatic rings. The van der Waals surface area contributed by atoms with Crippen molar-refractivity contribution >= 4 is 46.8 Å². The molecule has 47 heavy (non-hydrogen) atoms. The molecule has 0 spiro atoms. The Kier molecular flexibility index (Phi) is 9.36. The van der Waals surface area contributed by atoms with Crippen LogP contribution in [0.5, 0.6) is 0 Å². The summed E-state index contributed by atoms with van der Waals surface area (Å²) < 4.78 is 0. The first-order valence-corrected chi connectivity index (χ1v) is 15.8. The number of allylic oxidation sites excluding steroid dienone is 1. The number of nitrogens with zero attached hydrogens (tertiary/aromatic N) is 3. The normalized spacial score (nSPS) is 22.3. The monoisotopic (exact) mass is 640 g/mol. The molecule has 3 aliphatic heterocycles. The van der Waals surface area contributed by atoms with Crippen LogP contribution in [-0.4, -0.2) is 108 Å². The van der Waals surface area contributed by atoms with Crippen LogP contribution < -0.4 is 16.0 Å². The molecular formula is C34H36N6O7. The molecule has 5 amide bonds. The molecule has 2 aromatic carbocycles. The summed E-state index contributed by atoms with van der Waals surface area (Å²) in [5.74, 6) is -3.16. The average Bonchev–Trinajstić information content (AvgIpc) is 3.31. The van der Waals surface area contributed by atoms with Crippen molar-refractivity contribution in [3.8, 4) is 0 Å². The minimum atomic E-state index is -1.09. The summed E-state index contributed by atoms with van der Waals surface area (Å²) in [5, 5.41) is 8.07. The minimum absolute atomic E-state index is 0.0209. The van der Waals surface area contributed by atoms with Gasteiger partial charge in [-0.05, 0) is 30.0 Å². The molecule has 13 nitrogen and oxygen atoms in total. The van der Waals surface area contributed by atoms with Crippen molar-refractivity contribution < 1.29 is 33.6 Å². The molecule has 2 aromatic rings. The van der Waals surface area contributed by atoms with Crippen LogP contribution in [0.2, 0.25) is 0 Å². The van der Waals surface area contributed by atoms with Crippen LogP contribution in [0.1, 0.15) is 57.9 Å². The van der Waals surface area contributed by atoms with Crippen LogP contribution >= 0.6 is 0 Å². The maximum Gasteiger partial charge on any atom is 0.264 e. The Hall–Kier alpha value is -5.01. The maximum absolute atomic E-state index is 13.3. The van der Waals surface area contributed by atoms with Crippen molar-refractivity contribution in [2.24, 2.45) is 0 Å². The van der Waals surface area contributed by atoms with Gasteiger partial charge in [-0.1, -0.05) is 36.4 Å². The number of anilines is 1. The number of hydrogen-bond acceptors (Lipinski definition) is 10. The number of Topliss-reactive ketones (excluding diaryl/α,β-unsaturated/α-hetero) is 2. The Bertz CT molecular complexity index is 1640. The van der Waals surface area contributed by atoms with Crippen LogP contribution in [0, 0.1) is 0 Å². The molecule has 2 saturated heterocycles. The van der Waals surface area contributed by atoms with E-state index >= 15 is 0 Å². The number of hydrogen-bond donors (Lipinski definition) is 3. The lowest BCUT2D eigenvalue weighted by Crippen LogP contribution is -2.54. The van der Waals surface area contributed by atoms with E-state index in [9.17, 15) is 33.6 Å². The van der Waals surface area contributed by atoms with Crippen molar-refractivity contribution in [2.75, 3.05) is 51.1 Å². The SMILES string of the molecule is O=C1CCC(N2C(=O)c3cccc(NC(=O)CN4CCN(CCNC=C5C(=O)CC(c6ccccc6)CC5=O)CC4)c3C2=O)C(=O)N1. The van der Waals surface area contributed by atoms with E-state index in [4.69, 9.17) is 0 Å². The zero-order chi connectivity index (χ0) is 33.1. The molecule has 0 aromatic heterocycles. The molecular weight excluding hydrogens is 604 g/mol. The second-order valence-corrected chi connectivity index (χ2v) is 12.2. The molecule has 0 bridgehead atoms. The topological polar surface area (TPSA) is 165 Å². The number of nitrogens with one attached hydrogen (secondary N) is 3. The van der Waals surface area contributed by atoms with E-state index in [1.54, 1.807) is 18.3 Å². The standard InChI is InChI=1S/C34H36N6O7/c41-27-17-22(21-5-2-1-3-6-21)18-28(42)24(27)19-35-11-12-38-13-15-39(16-14-38)20-30(44)36-25-8-4-7-23-31(25)34(47)40(33(23)46)26-9-10-29(43)37-32(26)45/h1-8,19,22,26,35H,9-18,20H2,(H,36,44)(H,37,43,45). The summed E-state index contributed by atoms with van der Waals surface area (Å²) in [6.07, 6.45) is 2.26. The number of ketones is 2. The van der Waals surface area contributed by atoms with Gasteiger partial charge < -0.3 is 10.6 Å². The van der Waals surface area contributed by atoms with Gasteiger partial charge in [0.25, 0.3) is 11.8 Å². The molecule has 0 radical (unpaired) electrons. The van der Waals surface area contributed by atoms with E-state index in [1.807, 2.05) is 35.2 Å². The van der Waals surface area contributed by atoms with Gasteiger partial charge in [0.05, 0.1) is 28.9 Å². The minimum Gasteiger partial charge on any atom is -0.389 e. The number of fused-ring (bicyclic) bond motifs is 1. The lowest BCUT2D eigenvalue weighted by atomic mass is 9.80. The van der Waals surface area contributed by atoms with Gasteiger partial charge >= 0.3 is 0 Å². The number of rotatable bonds is 9. The highest BCUT2D eigenvalue weighted by atomic mass is 16.2. The van der Waals surface area contributed by atoms with Gasteiger partial charge in [-0.25, -0.2) is 0 Å². The second-order valence-electron chi connectivity index (χ2n) is 12.2. The van der Waals surface area contributed by atoms with Crippen molar-refractivity contribution in [1.29, 1.82) is 0 Å². The highest BCUT2D eigenvalue weighted by Gasteiger charge is 2.45. The van der Waals surface area contributed by atoms with E-state index < -0.39 is 29.7 Å². The third kappa shape index (κ3) is 6.91. The first kappa shape index (κ1) is 32.0. The van der Waals surface area contributed by atoms with Gasteiger partial charge in [0.2, 0.25) is 17.7 Å². The Balaban J connectivity index is 0.949. The second kappa shape index (κ2) is 13.8. The number of piperidine rings is 1. The maximum atomic E-state index is 13.3. The highest BCUT2D eigenvalue weighted by molar-refractivity contribution is 6.26. The van der Waals surface area contributed by atoms with Crippen molar-refractivity contribution in [1.82, 2.24) is 25.3 Å². The molecule has 1 aliphatic carbocycles. The Morgan fingerprint density at radius 2 is 1.55 bits per heavy atom. The largest absolute Gasteiger partial charge is 0.389 e. The van der Waals surface area contributed by atoms with Crippen LogP contribution in [0.4, 0.5) is 5.69 Å². The first-order valence-electron chi connectivity index (χ1n) is 15.8. The Morgan fingerprint density at radius 1 is 0.851 bits per heavy atom. The van der Waals surface area contributed by atoms with Gasteiger partial charge in [0.15, 0.2) is 11.6 Å². The van der Waals surface area contributed by atoms with Gasteiger partial charge in [0, 0.05) is 64.7 Å². The summed E-state index contributed by atoms with van der Waals surface area (Å²) >= 11 is 0. The molecule has 1 unspecified atom stereocenters. The van der Waals surface area contributed by atoms with Gasteiger partial charge in [0.1, 0.15) is 6.04 Å². The van der Waals surface area contributed by atoms with E-state index in [-0.39, 0.29) is 65.2 Å². The van der Waals surface area contributed by atoms with E-state index in [0.717, 1.165) is 23.6 Å². The lowest BCUT2D eigenvalue weighted by molar-refractivity contribution is -0.136. The number of carbonyl (C=O) groups excluding carboxylic acids is 7. The third-order valence-electron chi connectivity index (χ3n) is 9.13. The number of imide groups is 2. The van der Waals surface area contributed by atoms with E-state index in [0.29, 0.717) is 39.0 Å².